The topological polar surface area (TPSA) is 154 Å². The van der Waals surface area contributed by atoms with Crippen LogP contribution in [-0.2, 0) is 4.79 Å². The quantitative estimate of drug-likeness (QED) is 0.349. The molecule has 0 aromatic heterocycles. The van der Waals surface area contributed by atoms with Gasteiger partial charge in [-0.15, -0.1) is 0 Å². The third-order valence-corrected chi connectivity index (χ3v) is 3.22. The van der Waals surface area contributed by atoms with Crippen LogP contribution in [0.25, 0.3) is 0 Å². The van der Waals surface area contributed by atoms with Crippen LogP contribution in [0.15, 0.2) is 52.7 Å². The monoisotopic (exact) mass is 401 g/mol. The van der Waals surface area contributed by atoms with Gasteiger partial charge in [-0.1, -0.05) is 11.8 Å². The van der Waals surface area contributed by atoms with Crippen LogP contribution in [0, 0.1) is 0 Å². The molecule has 0 bridgehead atoms. The fourth-order valence-electron chi connectivity index (χ4n) is 1.92. The largest absolute Gasteiger partial charge is 1.00 e. The summed E-state index contributed by atoms with van der Waals surface area (Å²) in [7, 11) is 0. The van der Waals surface area contributed by atoms with Crippen molar-refractivity contribution in [3.05, 3.63) is 53.6 Å². The zero-order valence-corrected chi connectivity index (χ0v) is 19.3. The van der Waals surface area contributed by atoms with E-state index in [0.717, 1.165) is 12.1 Å². The fraction of sp³-hybridized carbons (Fsp3) is 0.118. The van der Waals surface area contributed by atoms with Gasteiger partial charge in [0.05, 0.1) is 16.9 Å². The van der Waals surface area contributed by atoms with E-state index in [1.54, 1.807) is 0 Å². The van der Waals surface area contributed by atoms with E-state index >= 15 is 0 Å². The van der Waals surface area contributed by atoms with Crippen LogP contribution in [0.5, 0.6) is 5.75 Å². The van der Waals surface area contributed by atoms with Gasteiger partial charge in [0.1, 0.15) is 0 Å². The first kappa shape index (κ1) is 26.2. The summed E-state index contributed by atoms with van der Waals surface area (Å²) in [5, 5.41) is 40.8. The normalized spacial score (nSPS) is 9.86. The summed E-state index contributed by atoms with van der Waals surface area (Å²) < 4.78 is 0. The first-order valence-corrected chi connectivity index (χ1v) is 7.41. The Hall–Kier alpha value is -1.75. The molecule has 134 valence electrons. The minimum absolute atomic E-state index is 0. The second-order valence-electron chi connectivity index (χ2n) is 5.11. The van der Waals surface area contributed by atoms with Gasteiger partial charge in [0.15, 0.2) is 0 Å². The molecule has 0 aliphatic heterocycles. The van der Waals surface area contributed by atoms with E-state index in [2.05, 4.69) is 15.5 Å². The summed E-state index contributed by atoms with van der Waals surface area (Å²) >= 11 is 0. The molecule has 0 unspecified atom stereocenters. The third-order valence-electron chi connectivity index (χ3n) is 3.22. The molecule has 0 aliphatic rings. The Labute approximate surface area is 204 Å². The van der Waals surface area contributed by atoms with Gasteiger partial charge in [0.25, 0.3) is 5.91 Å². The smallest absolute Gasteiger partial charge is 0.872 e. The molecule has 2 rings (SSSR count). The average Bonchev–Trinajstić information content (AvgIpc) is 2.60. The van der Waals surface area contributed by atoms with Crippen molar-refractivity contribution in [3.8, 4) is 5.75 Å². The Balaban J connectivity index is 0.00000364. The molecule has 1 amide bonds. The molecule has 0 saturated carbocycles. The van der Waals surface area contributed by atoms with Crippen LogP contribution in [0.4, 0.5) is 11.4 Å². The molecule has 11 heteroatoms. The molecule has 2 aromatic rings. The first-order valence-electron chi connectivity index (χ1n) is 7.41. The molecule has 2 aromatic carbocycles. The number of rotatable bonds is 7. The zero-order chi connectivity index (χ0) is 19.1. The summed E-state index contributed by atoms with van der Waals surface area (Å²) in [5.74, 6) is -3.66. The SMILES string of the molecule is O=C([O-])CCNC(=O)c1ccc(N=Nc2ccc([O-])c(C(=O)O)c2)cc1.[Na+].[Na+]. The van der Waals surface area contributed by atoms with Gasteiger partial charge in [-0.05, 0) is 36.4 Å². The van der Waals surface area contributed by atoms with E-state index in [1.807, 2.05) is 0 Å². The molecule has 0 atom stereocenters. The molecule has 0 heterocycles. The van der Waals surface area contributed by atoms with Crippen molar-refractivity contribution in [1.82, 2.24) is 5.32 Å². The standard InChI is InChI=1S/C17H15N3O6.2Na/c21-14-6-5-12(9-13(14)17(25)26)20-19-11-3-1-10(2-4-11)16(24)18-8-7-15(22)23;;/h1-6,9,21H,7-8H2,(H,18,24)(H,22,23)(H,25,26);;/q;2*+1/p-2. The van der Waals surface area contributed by atoms with Crippen molar-refractivity contribution < 1.29 is 88.8 Å². The first-order chi connectivity index (χ1) is 12.4. The van der Waals surface area contributed by atoms with Crippen LogP contribution in [-0.4, -0.2) is 29.5 Å². The maximum Gasteiger partial charge on any atom is 1.00 e. The van der Waals surface area contributed by atoms with Crippen LogP contribution in [0.1, 0.15) is 27.1 Å². The summed E-state index contributed by atoms with van der Waals surface area (Å²) in [5.41, 5.74) is 0.515. The predicted octanol–water partition coefficient (Wildman–Crippen LogP) is -5.25. The minimum Gasteiger partial charge on any atom is -0.872 e. The van der Waals surface area contributed by atoms with E-state index < -0.39 is 29.2 Å². The number of hydrogen-bond donors (Lipinski definition) is 2. The maximum absolute atomic E-state index is 11.8. The molecule has 0 fully saturated rings. The van der Waals surface area contributed by atoms with Gasteiger partial charge in [0.2, 0.25) is 0 Å². The van der Waals surface area contributed by atoms with Gasteiger partial charge in [-0.25, -0.2) is 4.79 Å². The third kappa shape index (κ3) is 8.09. The number of carbonyl (C=O) groups excluding carboxylic acids is 2. The van der Waals surface area contributed by atoms with Crippen LogP contribution >= 0.6 is 0 Å². The number of nitrogens with one attached hydrogen (secondary N) is 1. The molecule has 0 radical (unpaired) electrons. The molecule has 0 saturated heterocycles. The second-order valence-corrected chi connectivity index (χ2v) is 5.11. The van der Waals surface area contributed by atoms with Crippen molar-refractivity contribution in [2.24, 2.45) is 10.2 Å². The minimum atomic E-state index is -1.35. The summed E-state index contributed by atoms with van der Waals surface area (Å²) in [6.45, 7) is -0.0375. The van der Waals surface area contributed by atoms with Gasteiger partial charge in [-0.3, -0.25) is 4.79 Å². The van der Waals surface area contributed by atoms with E-state index in [-0.39, 0.29) is 77.8 Å². The van der Waals surface area contributed by atoms with Crippen molar-refractivity contribution >= 4 is 29.2 Å². The summed E-state index contributed by atoms with van der Waals surface area (Å²) in [6, 6.07) is 9.54. The number of benzene rings is 2. The molecule has 9 nitrogen and oxygen atoms in total. The Morgan fingerprint density at radius 3 is 2.11 bits per heavy atom. The number of carboxylic acid groups (broad SMARTS) is 2. The van der Waals surface area contributed by atoms with Crippen molar-refractivity contribution in [1.29, 1.82) is 0 Å². The maximum atomic E-state index is 11.8. The van der Waals surface area contributed by atoms with Crippen LogP contribution in [0.2, 0.25) is 0 Å². The Kier molecular flexibility index (Phi) is 11.9. The van der Waals surface area contributed by atoms with Crippen molar-refractivity contribution in [2.45, 2.75) is 6.42 Å². The van der Waals surface area contributed by atoms with E-state index in [1.165, 1.54) is 30.3 Å². The number of carbonyl (C=O) groups is 3. The number of nitrogens with zero attached hydrogens (tertiary/aromatic N) is 2. The number of azo groups is 1. The van der Waals surface area contributed by atoms with Crippen molar-refractivity contribution in [2.75, 3.05) is 6.54 Å². The van der Waals surface area contributed by atoms with Gasteiger partial charge in [0, 0.05) is 24.5 Å². The van der Waals surface area contributed by atoms with Gasteiger partial charge in [-0.2, -0.15) is 10.2 Å². The molecule has 0 aliphatic carbocycles. The second kappa shape index (κ2) is 12.7. The Morgan fingerprint density at radius 1 is 0.964 bits per heavy atom. The Bertz CT molecular complexity index is 872. The van der Waals surface area contributed by atoms with E-state index in [9.17, 15) is 24.6 Å². The van der Waals surface area contributed by atoms with Crippen LogP contribution < -0.4 is 74.6 Å². The van der Waals surface area contributed by atoms with Crippen LogP contribution in [0.3, 0.4) is 0 Å². The number of aromatic carboxylic acids is 1. The number of carboxylic acids is 2. The summed E-state index contributed by atoms with van der Waals surface area (Å²) in [4.78, 5) is 33.0. The number of amides is 1. The molecular formula is C17H13N3Na2O6. The van der Waals surface area contributed by atoms with Gasteiger partial charge >= 0.3 is 65.1 Å². The molecule has 0 spiro atoms. The van der Waals surface area contributed by atoms with Crippen molar-refractivity contribution in [3.63, 3.8) is 0 Å². The molecular weight excluding hydrogens is 388 g/mol. The van der Waals surface area contributed by atoms with E-state index in [4.69, 9.17) is 5.11 Å². The average molecular weight is 401 g/mol. The van der Waals surface area contributed by atoms with Gasteiger partial charge < -0.3 is 25.4 Å². The summed E-state index contributed by atoms with van der Waals surface area (Å²) in [6.07, 6.45) is -0.279. The Morgan fingerprint density at radius 2 is 1.54 bits per heavy atom. The molecule has 2 N–H and O–H groups in total. The predicted molar refractivity (Wildman–Crippen MR) is 85.4 cm³/mol. The number of hydrogen-bond acceptors (Lipinski definition) is 7. The molecule has 28 heavy (non-hydrogen) atoms. The van der Waals surface area contributed by atoms with E-state index in [0.29, 0.717) is 11.3 Å². The fourth-order valence-corrected chi connectivity index (χ4v) is 1.92. The number of aliphatic carboxylic acids is 1. The zero-order valence-electron chi connectivity index (χ0n) is 15.3.